The molecule has 2 aliphatic heterocycles. The van der Waals surface area contributed by atoms with Gasteiger partial charge in [-0.25, -0.2) is 18.2 Å². The summed E-state index contributed by atoms with van der Waals surface area (Å²) in [7, 11) is -2.28. The van der Waals surface area contributed by atoms with Crippen molar-refractivity contribution < 1.29 is 41.8 Å². The van der Waals surface area contributed by atoms with Gasteiger partial charge in [0, 0.05) is 35.4 Å². The molecule has 4 amide bonds. The molecule has 3 aliphatic carbocycles. The van der Waals surface area contributed by atoms with E-state index >= 15 is 0 Å². The van der Waals surface area contributed by atoms with Crippen LogP contribution in [0.3, 0.4) is 0 Å². The van der Waals surface area contributed by atoms with Crippen molar-refractivity contribution >= 4 is 44.7 Å². The van der Waals surface area contributed by atoms with E-state index in [1.165, 1.54) is 11.0 Å². The molecule has 3 saturated carbocycles. The van der Waals surface area contributed by atoms with E-state index in [-0.39, 0.29) is 37.8 Å². The lowest BCUT2D eigenvalue weighted by molar-refractivity contribution is -0.142. The van der Waals surface area contributed by atoms with E-state index < -0.39 is 68.7 Å². The normalized spacial score (nSPS) is 27.8. The van der Waals surface area contributed by atoms with Crippen molar-refractivity contribution in [2.75, 3.05) is 20.3 Å². The molecule has 0 spiro atoms. The van der Waals surface area contributed by atoms with E-state index in [1.807, 2.05) is 55.5 Å². The number of carbonyl (C=O) groups is 4. The fraction of sp³-hybridized carbons (Fsp3) is 0.533. The molecule has 1 unspecified atom stereocenters. The van der Waals surface area contributed by atoms with E-state index in [4.69, 9.17) is 19.2 Å². The first kappa shape index (κ1) is 41.5. The summed E-state index contributed by atoms with van der Waals surface area (Å²) in [6.07, 6.45) is 7.80. The zero-order chi connectivity index (χ0) is 42.2. The highest BCUT2D eigenvalue weighted by molar-refractivity contribution is 7.91. The number of aryl methyl sites for hydroxylation is 1. The summed E-state index contributed by atoms with van der Waals surface area (Å²) in [5.41, 5.74) is 1.60. The molecule has 1 saturated heterocycles. The van der Waals surface area contributed by atoms with Crippen LogP contribution in [0.4, 0.5) is 4.79 Å². The molecule has 15 heteroatoms. The zero-order valence-corrected chi connectivity index (χ0v) is 35.1. The number of carbonyl (C=O) groups excluding carboxylic acids is 4. The molecule has 5 aliphatic rings. The van der Waals surface area contributed by atoms with Crippen LogP contribution in [0.1, 0.15) is 83.1 Å². The molecule has 4 bridgehead atoms. The van der Waals surface area contributed by atoms with Gasteiger partial charge in [0.1, 0.15) is 35.2 Å². The van der Waals surface area contributed by atoms with Gasteiger partial charge in [-0.05, 0) is 74.8 Å². The highest BCUT2D eigenvalue weighted by atomic mass is 32.2. The van der Waals surface area contributed by atoms with E-state index in [0.717, 1.165) is 48.6 Å². The first-order valence-corrected chi connectivity index (χ1v) is 22.9. The van der Waals surface area contributed by atoms with Crippen LogP contribution in [0.5, 0.6) is 11.5 Å². The number of fused-ring (bicyclic) bond motifs is 3. The molecule has 60 heavy (non-hydrogen) atoms. The van der Waals surface area contributed by atoms with E-state index in [1.54, 1.807) is 7.11 Å². The van der Waals surface area contributed by atoms with Crippen molar-refractivity contribution in [3.8, 4) is 22.8 Å². The van der Waals surface area contributed by atoms with Crippen LogP contribution >= 0.6 is 0 Å². The van der Waals surface area contributed by atoms with Crippen molar-refractivity contribution in [2.24, 2.45) is 17.8 Å². The molecule has 0 radical (unpaired) electrons. The van der Waals surface area contributed by atoms with Crippen LogP contribution in [0.15, 0.2) is 61.2 Å². The van der Waals surface area contributed by atoms with Crippen molar-refractivity contribution in [1.29, 1.82) is 0 Å². The van der Waals surface area contributed by atoms with Gasteiger partial charge in [0.05, 0.1) is 36.7 Å². The summed E-state index contributed by atoms with van der Waals surface area (Å²) >= 11 is 0. The third-order valence-electron chi connectivity index (χ3n) is 12.9. The molecule has 4 fully saturated rings. The van der Waals surface area contributed by atoms with Gasteiger partial charge in [-0.3, -0.25) is 19.1 Å². The standard InChI is InChI=1S/C45H55N5O9S/c1-4-31-24-45(31,43(53)49-60(55,56)33-18-19-33)48-41(51)37-21-32-25-50(37)42(52)40(29-15-9-6-10-16-29)47-44(54)58-26-27(2)12-11-17-30-20-34-36(23-38(30)57-3)46-35(22-39(34)59-32)28-13-7-5-8-14-28/h4-5,7-8,13-14,20,22-23,27,29,31-33,37,40H,1,6,9-12,15-19,21,24-26H2,2-3H3,(H,47,54)(H,48,51)(H,49,53)/t27?,31-,32+,37-,40-,45+/m0/s1. The second kappa shape index (κ2) is 17.1. The number of alkyl carbamates (subject to hydrolysis) is 1. The van der Waals surface area contributed by atoms with Crippen LogP contribution < -0.4 is 24.8 Å². The summed E-state index contributed by atoms with van der Waals surface area (Å²) in [5.74, 6) is -1.34. The highest BCUT2D eigenvalue weighted by Crippen LogP contribution is 2.46. The molecule has 320 valence electrons. The van der Waals surface area contributed by atoms with Crippen molar-refractivity contribution in [2.45, 2.75) is 113 Å². The number of hydrogen-bond acceptors (Lipinski definition) is 10. The Kier molecular flexibility index (Phi) is 11.8. The average Bonchev–Trinajstić information content (AvgIpc) is 4.18. The zero-order valence-electron chi connectivity index (χ0n) is 34.3. The fourth-order valence-electron chi connectivity index (χ4n) is 9.22. The predicted molar refractivity (Wildman–Crippen MR) is 224 cm³/mol. The number of hydrogen-bond donors (Lipinski definition) is 3. The topological polar surface area (TPSA) is 182 Å². The molecular formula is C45H55N5O9S. The highest BCUT2D eigenvalue weighted by Gasteiger charge is 2.62. The van der Waals surface area contributed by atoms with Crippen LogP contribution in [-0.2, 0) is 35.6 Å². The lowest BCUT2D eigenvalue weighted by Crippen LogP contribution is -2.59. The Hall–Kier alpha value is -5.18. The Labute approximate surface area is 351 Å². The Morgan fingerprint density at radius 1 is 1.03 bits per heavy atom. The van der Waals surface area contributed by atoms with Crippen LogP contribution in [0.25, 0.3) is 22.2 Å². The maximum absolute atomic E-state index is 15.0. The summed E-state index contributed by atoms with van der Waals surface area (Å²) < 4.78 is 46.4. The number of cyclic esters (lactones) is 1. The number of nitrogens with zero attached hydrogens (tertiary/aromatic N) is 2. The van der Waals surface area contributed by atoms with E-state index in [0.29, 0.717) is 54.8 Å². The minimum absolute atomic E-state index is 0.00153. The second-order valence-corrected chi connectivity index (χ2v) is 19.3. The number of amides is 4. The molecule has 6 atom stereocenters. The maximum atomic E-state index is 15.0. The minimum atomic E-state index is -3.91. The smallest absolute Gasteiger partial charge is 0.407 e. The van der Waals surface area contributed by atoms with Crippen molar-refractivity contribution in [3.05, 3.63) is 66.7 Å². The molecular weight excluding hydrogens is 787 g/mol. The Bertz CT molecular complexity index is 2260. The van der Waals surface area contributed by atoms with Gasteiger partial charge in [0.15, 0.2) is 0 Å². The molecule has 2 aromatic carbocycles. The maximum Gasteiger partial charge on any atom is 0.407 e. The number of rotatable bonds is 9. The average molecular weight is 842 g/mol. The van der Waals surface area contributed by atoms with E-state index in [9.17, 15) is 27.6 Å². The number of methoxy groups -OCH3 is 1. The number of nitrogens with one attached hydrogen (secondary N) is 3. The Morgan fingerprint density at radius 2 is 1.80 bits per heavy atom. The largest absolute Gasteiger partial charge is 0.496 e. The molecule has 3 heterocycles. The lowest BCUT2D eigenvalue weighted by atomic mass is 9.83. The van der Waals surface area contributed by atoms with E-state index in [2.05, 4.69) is 21.9 Å². The summed E-state index contributed by atoms with van der Waals surface area (Å²) in [5, 5.41) is 5.89. The first-order chi connectivity index (χ1) is 28.9. The third kappa shape index (κ3) is 8.68. The first-order valence-electron chi connectivity index (χ1n) is 21.4. The SMILES string of the molecule is C=C[C@H]1C[C@]1(NC(=O)[C@@H]1C[C@@H]2CN1C(=O)[C@H](C1CCCCC1)NC(=O)OCC(C)CCCc1cc3c(cc(-c4ccccc4)nc3cc1OC)O2)C(=O)NS(=O)(=O)C1CC1. The number of aromatic nitrogens is 1. The Balaban J connectivity index is 1.18. The van der Waals surface area contributed by atoms with Crippen molar-refractivity contribution in [3.63, 3.8) is 0 Å². The summed E-state index contributed by atoms with van der Waals surface area (Å²) in [4.78, 5) is 63.3. The molecule has 8 rings (SSSR count). The molecule has 3 aromatic rings. The van der Waals surface area contributed by atoms with Gasteiger partial charge in [-0.15, -0.1) is 6.58 Å². The quantitative estimate of drug-likeness (QED) is 0.230. The van der Waals surface area contributed by atoms with Gasteiger partial charge in [-0.2, -0.15) is 0 Å². The summed E-state index contributed by atoms with van der Waals surface area (Å²) in [6, 6.07) is 13.5. The van der Waals surface area contributed by atoms with Crippen LogP contribution in [0.2, 0.25) is 0 Å². The van der Waals surface area contributed by atoms with Gasteiger partial charge in [0.2, 0.25) is 21.8 Å². The number of ether oxygens (including phenoxy) is 3. The second-order valence-electron chi connectivity index (χ2n) is 17.3. The number of sulfonamides is 1. The van der Waals surface area contributed by atoms with Crippen LogP contribution in [-0.4, -0.2) is 91.4 Å². The third-order valence-corrected chi connectivity index (χ3v) is 14.8. The van der Waals surface area contributed by atoms with Gasteiger partial charge >= 0.3 is 6.09 Å². The number of pyridine rings is 1. The fourth-order valence-corrected chi connectivity index (χ4v) is 10.6. The lowest BCUT2D eigenvalue weighted by Gasteiger charge is -2.34. The van der Waals surface area contributed by atoms with Gasteiger partial charge < -0.3 is 29.7 Å². The Morgan fingerprint density at radius 3 is 2.50 bits per heavy atom. The number of benzene rings is 2. The molecule has 1 aromatic heterocycles. The summed E-state index contributed by atoms with van der Waals surface area (Å²) in [6.45, 7) is 6.02. The predicted octanol–water partition coefficient (Wildman–Crippen LogP) is 5.58. The van der Waals surface area contributed by atoms with Crippen LogP contribution in [0, 0.1) is 17.8 Å². The van der Waals surface area contributed by atoms with Gasteiger partial charge in [-0.1, -0.05) is 62.6 Å². The van der Waals surface area contributed by atoms with Crippen molar-refractivity contribution in [1.82, 2.24) is 25.2 Å². The molecule has 3 N–H and O–H groups in total. The monoisotopic (exact) mass is 841 g/mol. The van der Waals surface area contributed by atoms with Gasteiger partial charge in [0.25, 0.3) is 5.91 Å². The molecule has 14 nitrogen and oxygen atoms in total. The minimum Gasteiger partial charge on any atom is -0.496 e.